The van der Waals surface area contributed by atoms with Gasteiger partial charge in [-0.3, -0.25) is 14.9 Å². The third-order valence-corrected chi connectivity index (χ3v) is 4.66. The minimum atomic E-state index is -0.475. The molecule has 0 spiro atoms. The van der Waals surface area contributed by atoms with Crippen LogP contribution in [0.25, 0.3) is 0 Å². The van der Waals surface area contributed by atoms with E-state index in [1.807, 2.05) is 24.3 Å². The predicted octanol–water partition coefficient (Wildman–Crippen LogP) is 2.78. The highest BCUT2D eigenvalue weighted by Gasteiger charge is 2.15. The molecule has 0 atom stereocenters. The van der Waals surface area contributed by atoms with Crippen LogP contribution in [0.3, 0.4) is 0 Å². The van der Waals surface area contributed by atoms with Gasteiger partial charge >= 0.3 is 5.69 Å². The van der Waals surface area contributed by atoms with Gasteiger partial charge in [-0.25, -0.2) is 0 Å². The number of hydrogen-bond donors (Lipinski definition) is 2. The number of rotatable bonds is 9. The van der Waals surface area contributed by atoms with Crippen molar-refractivity contribution in [2.45, 2.75) is 12.2 Å². The van der Waals surface area contributed by atoms with Gasteiger partial charge in [0.2, 0.25) is 5.91 Å². The van der Waals surface area contributed by atoms with Crippen LogP contribution in [0.4, 0.5) is 11.4 Å². The van der Waals surface area contributed by atoms with Crippen LogP contribution in [0.5, 0.6) is 5.75 Å². The number of hydrogen-bond acceptors (Lipinski definition) is 6. The van der Waals surface area contributed by atoms with Crippen molar-refractivity contribution >= 4 is 29.0 Å². The van der Waals surface area contributed by atoms with Crippen LogP contribution in [-0.2, 0) is 17.0 Å². The molecule has 0 heterocycles. The number of nitrogens with two attached hydrogens (primary N) is 1. The number of amides is 1. The molecule has 3 N–H and O–H groups in total. The van der Waals surface area contributed by atoms with E-state index in [1.165, 1.54) is 24.9 Å². The number of thioether (sulfide) groups is 1. The number of nitrogens with one attached hydrogen (secondary N) is 1. The first-order chi connectivity index (χ1) is 12.5. The molecule has 0 saturated heterocycles. The van der Waals surface area contributed by atoms with Gasteiger partial charge in [0.25, 0.3) is 0 Å². The summed E-state index contributed by atoms with van der Waals surface area (Å²) in [7, 11) is 1.39. The summed E-state index contributed by atoms with van der Waals surface area (Å²) in [5.41, 5.74) is 8.16. The van der Waals surface area contributed by atoms with E-state index in [1.54, 1.807) is 12.1 Å². The van der Waals surface area contributed by atoms with Crippen LogP contribution >= 0.6 is 11.8 Å². The maximum Gasteiger partial charge on any atom is 0.311 e. The van der Waals surface area contributed by atoms with Gasteiger partial charge in [0.1, 0.15) is 0 Å². The average molecular weight is 375 g/mol. The van der Waals surface area contributed by atoms with Gasteiger partial charge in [0, 0.05) is 24.1 Å². The van der Waals surface area contributed by atoms with Gasteiger partial charge < -0.3 is 15.8 Å². The lowest BCUT2D eigenvalue weighted by atomic mass is 10.1. The zero-order valence-corrected chi connectivity index (χ0v) is 15.3. The summed E-state index contributed by atoms with van der Waals surface area (Å²) in [6, 6.07) is 12.4. The molecule has 0 aromatic heterocycles. The number of methoxy groups -OCH3 is 1. The average Bonchev–Trinajstić information content (AvgIpc) is 2.63. The topological polar surface area (TPSA) is 107 Å². The largest absolute Gasteiger partial charge is 0.490 e. The Bertz CT molecular complexity index is 766. The molecular formula is C18H21N3O4S. The quantitative estimate of drug-likeness (QED) is 0.396. The van der Waals surface area contributed by atoms with E-state index in [2.05, 4.69) is 5.32 Å². The smallest absolute Gasteiger partial charge is 0.311 e. The summed E-state index contributed by atoms with van der Waals surface area (Å²) in [6.45, 7) is 0.553. The number of carbonyl (C=O) groups excluding carboxylic acids is 1. The Labute approximate surface area is 156 Å². The molecule has 2 rings (SSSR count). The summed E-state index contributed by atoms with van der Waals surface area (Å²) in [5, 5.41) is 13.9. The second kappa shape index (κ2) is 9.67. The number of nitrogen functional groups attached to an aromatic ring is 1. The maximum atomic E-state index is 11.9. The Morgan fingerprint density at radius 3 is 2.58 bits per heavy atom. The van der Waals surface area contributed by atoms with E-state index in [9.17, 15) is 14.9 Å². The third kappa shape index (κ3) is 5.96. The van der Waals surface area contributed by atoms with Gasteiger partial charge in [-0.1, -0.05) is 18.2 Å². The van der Waals surface area contributed by atoms with Crippen molar-refractivity contribution in [2.24, 2.45) is 0 Å². The number of ether oxygens (including phenoxy) is 1. The summed E-state index contributed by atoms with van der Waals surface area (Å²) in [5.74, 6) is 0.968. The summed E-state index contributed by atoms with van der Waals surface area (Å²) in [4.78, 5) is 22.4. The van der Waals surface area contributed by atoms with E-state index < -0.39 is 4.92 Å². The molecule has 2 aromatic rings. The molecule has 0 aliphatic rings. The van der Waals surface area contributed by atoms with Crippen LogP contribution in [-0.4, -0.2) is 30.2 Å². The minimum Gasteiger partial charge on any atom is -0.490 e. The second-order valence-electron chi connectivity index (χ2n) is 5.60. The molecule has 0 radical (unpaired) electrons. The third-order valence-electron chi connectivity index (χ3n) is 3.66. The molecule has 1 amide bonds. The summed E-state index contributed by atoms with van der Waals surface area (Å²) in [6.07, 6.45) is 0.737. The molecular weight excluding hydrogens is 354 g/mol. The van der Waals surface area contributed by atoms with E-state index in [-0.39, 0.29) is 17.3 Å². The molecule has 26 heavy (non-hydrogen) atoms. The van der Waals surface area contributed by atoms with Crippen molar-refractivity contribution < 1.29 is 14.5 Å². The molecule has 0 saturated carbocycles. The van der Waals surface area contributed by atoms with Gasteiger partial charge in [0.15, 0.2) is 5.75 Å². The van der Waals surface area contributed by atoms with Crippen LogP contribution in [0.1, 0.15) is 11.1 Å². The molecule has 7 nitrogen and oxygen atoms in total. The number of nitro groups is 1. The van der Waals surface area contributed by atoms with Gasteiger partial charge in [0.05, 0.1) is 17.8 Å². The molecule has 8 heteroatoms. The standard InChI is InChI=1S/C18H21N3O4S/c1-25-17-7-4-14(10-16(17)21(23)24)11-26-12-18(22)20-9-8-13-2-5-15(19)6-3-13/h2-7,10H,8-9,11-12,19H2,1H3,(H,20,22). The number of anilines is 1. The van der Waals surface area contributed by atoms with Crippen molar-refractivity contribution in [3.63, 3.8) is 0 Å². The van der Waals surface area contributed by atoms with E-state index >= 15 is 0 Å². The summed E-state index contributed by atoms with van der Waals surface area (Å²) >= 11 is 1.40. The molecule has 138 valence electrons. The SMILES string of the molecule is COc1ccc(CSCC(=O)NCCc2ccc(N)cc2)cc1[N+](=O)[O-]. The van der Waals surface area contributed by atoms with Crippen LogP contribution < -0.4 is 15.8 Å². The molecule has 2 aromatic carbocycles. The molecule has 0 bridgehead atoms. The van der Waals surface area contributed by atoms with Crippen LogP contribution in [0.15, 0.2) is 42.5 Å². The van der Waals surface area contributed by atoms with Crippen molar-refractivity contribution in [1.29, 1.82) is 0 Å². The lowest BCUT2D eigenvalue weighted by molar-refractivity contribution is -0.385. The van der Waals surface area contributed by atoms with Crippen molar-refractivity contribution in [3.05, 3.63) is 63.7 Å². The minimum absolute atomic E-state index is 0.0616. The van der Waals surface area contributed by atoms with Crippen LogP contribution in [0, 0.1) is 10.1 Å². The molecule has 0 fully saturated rings. The van der Waals surface area contributed by atoms with E-state index in [4.69, 9.17) is 10.5 Å². The first-order valence-electron chi connectivity index (χ1n) is 7.99. The summed E-state index contributed by atoms with van der Waals surface area (Å²) < 4.78 is 4.97. The fourth-order valence-electron chi connectivity index (χ4n) is 2.31. The van der Waals surface area contributed by atoms with Crippen LogP contribution in [0.2, 0.25) is 0 Å². The molecule has 0 aliphatic carbocycles. The highest BCUT2D eigenvalue weighted by Crippen LogP contribution is 2.28. The van der Waals surface area contributed by atoms with Gasteiger partial charge in [-0.2, -0.15) is 0 Å². The number of benzene rings is 2. The van der Waals surface area contributed by atoms with Crippen molar-refractivity contribution in [2.75, 3.05) is 25.1 Å². The second-order valence-corrected chi connectivity index (χ2v) is 6.58. The number of nitro benzene ring substituents is 1. The van der Waals surface area contributed by atoms with Crippen molar-refractivity contribution in [3.8, 4) is 5.75 Å². The predicted molar refractivity (Wildman–Crippen MR) is 103 cm³/mol. The van der Waals surface area contributed by atoms with Gasteiger partial charge in [-0.15, -0.1) is 11.8 Å². The molecule has 0 unspecified atom stereocenters. The fraction of sp³-hybridized carbons (Fsp3) is 0.278. The maximum absolute atomic E-state index is 11.9. The van der Waals surface area contributed by atoms with Crippen molar-refractivity contribution in [1.82, 2.24) is 5.32 Å². The highest BCUT2D eigenvalue weighted by atomic mass is 32.2. The first-order valence-corrected chi connectivity index (χ1v) is 9.15. The lowest BCUT2D eigenvalue weighted by Gasteiger charge is -2.07. The first kappa shape index (κ1) is 19.6. The highest BCUT2D eigenvalue weighted by molar-refractivity contribution is 7.99. The van der Waals surface area contributed by atoms with E-state index in [0.717, 1.165) is 17.5 Å². The zero-order valence-electron chi connectivity index (χ0n) is 14.4. The number of nitrogens with zero attached hydrogens (tertiary/aromatic N) is 1. The van der Waals surface area contributed by atoms with E-state index in [0.29, 0.717) is 23.7 Å². The zero-order chi connectivity index (χ0) is 18.9. The Kier molecular flexibility index (Phi) is 7.28. The molecule has 0 aliphatic heterocycles. The Morgan fingerprint density at radius 1 is 1.23 bits per heavy atom. The van der Waals surface area contributed by atoms with Gasteiger partial charge in [-0.05, 0) is 35.7 Å². The normalized spacial score (nSPS) is 10.3. The lowest BCUT2D eigenvalue weighted by Crippen LogP contribution is -2.27. The fourth-order valence-corrected chi connectivity index (χ4v) is 3.12. The Hall–Kier alpha value is -2.74. The Morgan fingerprint density at radius 2 is 1.92 bits per heavy atom. The Balaban J connectivity index is 1.73. The monoisotopic (exact) mass is 375 g/mol. The number of carbonyl (C=O) groups is 1.